The number of anilines is 1. The van der Waals surface area contributed by atoms with Crippen LogP contribution < -0.4 is 5.32 Å². The number of aromatic amines is 2. The van der Waals surface area contributed by atoms with E-state index in [4.69, 9.17) is 0 Å². The standard InChI is InChI=1S/C29H29FN8/c1-17-32-16-28(38(17)4)25-14-23-27(15-33-25)35-36-29(23)26-13-22-21(6-5-7-24(22)34-26)18-10-19(30)12-20(11-18)31-8-9-37(2)3/h5-7,10-16,31,34H,8-9H2,1-4H3,(H,35,36). The zero-order valence-corrected chi connectivity index (χ0v) is 21.8. The van der Waals surface area contributed by atoms with Crippen molar-refractivity contribution >= 4 is 27.5 Å². The number of imidazole rings is 1. The fourth-order valence-electron chi connectivity index (χ4n) is 4.81. The van der Waals surface area contributed by atoms with Gasteiger partial charge in [-0.1, -0.05) is 12.1 Å². The van der Waals surface area contributed by atoms with Gasteiger partial charge in [0, 0.05) is 42.1 Å². The maximum absolute atomic E-state index is 14.6. The van der Waals surface area contributed by atoms with E-state index in [-0.39, 0.29) is 5.82 Å². The number of hydrogen-bond acceptors (Lipinski definition) is 5. The third-order valence-electron chi connectivity index (χ3n) is 6.95. The van der Waals surface area contributed by atoms with Gasteiger partial charge in [0.05, 0.1) is 35.0 Å². The molecule has 0 fully saturated rings. The van der Waals surface area contributed by atoms with Crippen LogP contribution in [-0.4, -0.2) is 61.8 Å². The first kappa shape index (κ1) is 23.9. The lowest BCUT2D eigenvalue weighted by Gasteiger charge is -2.13. The number of aryl methyl sites for hydroxylation is 1. The number of aromatic nitrogens is 6. The lowest BCUT2D eigenvalue weighted by Crippen LogP contribution is -2.20. The summed E-state index contributed by atoms with van der Waals surface area (Å²) in [6.07, 6.45) is 3.64. The molecule has 9 heteroatoms. The molecule has 0 unspecified atom stereocenters. The van der Waals surface area contributed by atoms with E-state index in [2.05, 4.69) is 41.4 Å². The Hall–Kier alpha value is -4.50. The highest BCUT2D eigenvalue weighted by Crippen LogP contribution is 2.35. The third kappa shape index (κ3) is 4.31. The van der Waals surface area contributed by atoms with Crippen molar-refractivity contribution in [3.8, 4) is 33.9 Å². The molecule has 0 saturated carbocycles. The minimum Gasteiger partial charge on any atom is -0.384 e. The van der Waals surface area contributed by atoms with Crippen LogP contribution in [0.5, 0.6) is 0 Å². The molecule has 0 saturated heterocycles. The van der Waals surface area contributed by atoms with E-state index in [0.29, 0.717) is 0 Å². The number of H-pyrrole nitrogens is 2. The second-order valence-electron chi connectivity index (χ2n) is 9.85. The minimum atomic E-state index is -0.272. The molecule has 0 atom stereocenters. The summed E-state index contributed by atoms with van der Waals surface area (Å²) < 4.78 is 16.6. The van der Waals surface area contributed by atoms with Crippen molar-refractivity contribution in [2.24, 2.45) is 7.05 Å². The Morgan fingerprint density at radius 1 is 1.00 bits per heavy atom. The summed E-state index contributed by atoms with van der Waals surface area (Å²) in [5.41, 5.74) is 7.78. The second kappa shape index (κ2) is 9.42. The molecule has 0 aliphatic heterocycles. The van der Waals surface area contributed by atoms with Crippen LogP contribution in [0.1, 0.15) is 5.82 Å². The molecule has 0 bridgehead atoms. The largest absolute Gasteiger partial charge is 0.384 e. The molecular formula is C29H29FN8. The van der Waals surface area contributed by atoms with Crippen molar-refractivity contribution in [2.75, 3.05) is 32.5 Å². The third-order valence-corrected chi connectivity index (χ3v) is 6.95. The maximum atomic E-state index is 14.6. The average Bonchev–Trinajstić information content (AvgIpc) is 3.59. The predicted octanol–water partition coefficient (Wildman–Crippen LogP) is 5.59. The summed E-state index contributed by atoms with van der Waals surface area (Å²) in [5, 5.41) is 13.0. The molecule has 8 nitrogen and oxygen atoms in total. The second-order valence-corrected chi connectivity index (χ2v) is 9.85. The normalized spacial score (nSPS) is 11.7. The first-order valence-corrected chi connectivity index (χ1v) is 12.5. The Morgan fingerprint density at radius 3 is 2.66 bits per heavy atom. The van der Waals surface area contributed by atoms with Crippen LogP contribution in [0.25, 0.3) is 55.7 Å². The molecule has 3 N–H and O–H groups in total. The van der Waals surface area contributed by atoms with Crippen LogP contribution in [0.15, 0.2) is 60.9 Å². The Bertz CT molecular complexity index is 1770. The summed E-state index contributed by atoms with van der Waals surface area (Å²) in [6, 6.07) is 15.3. The molecule has 0 radical (unpaired) electrons. The number of likely N-dealkylation sites (N-methyl/N-ethyl adjacent to an activating group) is 1. The number of fused-ring (bicyclic) bond motifs is 2. The van der Waals surface area contributed by atoms with Gasteiger partial charge in [0.1, 0.15) is 17.3 Å². The number of halogens is 1. The number of benzene rings is 2. The van der Waals surface area contributed by atoms with E-state index in [9.17, 15) is 4.39 Å². The molecule has 4 heterocycles. The molecule has 6 aromatic rings. The Labute approximate surface area is 219 Å². The summed E-state index contributed by atoms with van der Waals surface area (Å²) in [4.78, 5) is 14.6. The smallest absolute Gasteiger partial charge is 0.125 e. The van der Waals surface area contributed by atoms with Gasteiger partial charge >= 0.3 is 0 Å². The van der Waals surface area contributed by atoms with Crippen LogP contribution in [0.2, 0.25) is 0 Å². The number of pyridine rings is 1. The van der Waals surface area contributed by atoms with E-state index in [1.54, 1.807) is 12.3 Å². The van der Waals surface area contributed by atoms with Crippen molar-refractivity contribution in [1.29, 1.82) is 0 Å². The fraction of sp³-hybridized carbons (Fsp3) is 0.207. The lowest BCUT2D eigenvalue weighted by atomic mass is 10.0. The topological polar surface area (TPSA) is 90.4 Å². The molecule has 0 amide bonds. The van der Waals surface area contributed by atoms with Gasteiger partial charge in [0.15, 0.2) is 0 Å². The predicted molar refractivity (Wildman–Crippen MR) is 151 cm³/mol. The van der Waals surface area contributed by atoms with Gasteiger partial charge in [0.25, 0.3) is 0 Å². The van der Waals surface area contributed by atoms with Crippen molar-refractivity contribution in [1.82, 2.24) is 34.6 Å². The highest BCUT2D eigenvalue weighted by atomic mass is 19.1. The van der Waals surface area contributed by atoms with E-state index in [1.165, 1.54) is 6.07 Å². The molecular weight excluding hydrogens is 479 g/mol. The van der Waals surface area contributed by atoms with Crippen molar-refractivity contribution in [3.05, 3.63) is 72.6 Å². The summed E-state index contributed by atoms with van der Waals surface area (Å²) in [5.74, 6) is 0.650. The fourth-order valence-corrected chi connectivity index (χ4v) is 4.81. The molecule has 2 aromatic carbocycles. The Balaban J connectivity index is 1.41. The van der Waals surface area contributed by atoms with Crippen molar-refractivity contribution < 1.29 is 4.39 Å². The van der Waals surface area contributed by atoms with Gasteiger partial charge in [-0.25, -0.2) is 9.37 Å². The molecule has 0 spiro atoms. The highest BCUT2D eigenvalue weighted by Gasteiger charge is 2.16. The minimum absolute atomic E-state index is 0.272. The van der Waals surface area contributed by atoms with Crippen LogP contribution in [0.4, 0.5) is 10.1 Å². The van der Waals surface area contributed by atoms with Crippen molar-refractivity contribution in [2.45, 2.75) is 6.92 Å². The molecule has 0 aliphatic rings. The number of hydrogen-bond donors (Lipinski definition) is 3. The summed E-state index contributed by atoms with van der Waals surface area (Å²) in [7, 11) is 6.01. The molecule has 38 heavy (non-hydrogen) atoms. The zero-order valence-electron chi connectivity index (χ0n) is 21.8. The zero-order chi connectivity index (χ0) is 26.4. The van der Waals surface area contributed by atoms with Crippen LogP contribution >= 0.6 is 0 Å². The highest BCUT2D eigenvalue weighted by molar-refractivity contribution is 6.01. The van der Waals surface area contributed by atoms with Crippen molar-refractivity contribution in [3.63, 3.8) is 0 Å². The van der Waals surface area contributed by atoms with Crippen LogP contribution in [0.3, 0.4) is 0 Å². The summed E-state index contributed by atoms with van der Waals surface area (Å²) >= 11 is 0. The van der Waals surface area contributed by atoms with Crippen LogP contribution in [-0.2, 0) is 7.05 Å². The number of nitrogens with one attached hydrogen (secondary N) is 3. The van der Waals surface area contributed by atoms with Gasteiger partial charge in [0.2, 0.25) is 0 Å². The van der Waals surface area contributed by atoms with Gasteiger partial charge in [-0.05, 0) is 68.5 Å². The Kier molecular flexibility index (Phi) is 5.92. The lowest BCUT2D eigenvalue weighted by molar-refractivity contribution is 0.425. The van der Waals surface area contributed by atoms with E-state index >= 15 is 0 Å². The summed E-state index contributed by atoms with van der Waals surface area (Å²) in [6.45, 7) is 3.56. The van der Waals surface area contributed by atoms with Gasteiger partial charge in [-0.2, -0.15) is 5.10 Å². The van der Waals surface area contributed by atoms with E-state index in [1.807, 2.05) is 69.2 Å². The average molecular weight is 509 g/mol. The number of nitrogens with zero attached hydrogens (tertiary/aromatic N) is 5. The first-order chi connectivity index (χ1) is 18.4. The van der Waals surface area contributed by atoms with E-state index in [0.717, 1.165) is 80.3 Å². The Morgan fingerprint density at radius 2 is 1.87 bits per heavy atom. The van der Waals surface area contributed by atoms with Crippen LogP contribution in [0, 0.1) is 12.7 Å². The monoisotopic (exact) mass is 508 g/mol. The SMILES string of the molecule is Cc1ncc(-c2cc3c(-c4cc5c(-c6cc(F)cc(NCCN(C)C)c6)cccc5[nH]4)n[nH]c3cn2)n1C. The molecule has 192 valence electrons. The molecule has 6 rings (SSSR count). The first-order valence-electron chi connectivity index (χ1n) is 12.5. The van der Waals surface area contributed by atoms with Gasteiger partial charge in [-0.3, -0.25) is 10.1 Å². The van der Waals surface area contributed by atoms with Gasteiger partial charge in [-0.15, -0.1) is 0 Å². The number of rotatable bonds is 7. The molecule has 0 aliphatic carbocycles. The van der Waals surface area contributed by atoms with Gasteiger partial charge < -0.3 is 19.8 Å². The quantitative estimate of drug-likeness (QED) is 0.261. The van der Waals surface area contributed by atoms with E-state index < -0.39 is 0 Å². The maximum Gasteiger partial charge on any atom is 0.125 e. The molecule has 4 aromatic heterocycles.